The average Bonchev–Trinajstić information content (AvgIpc) is 3.13. The molecule has 0 saturated carbocycles. The fourth-order valence-electron chi connectivity index (χ4n) is 6.00. The fourth-order valence-corrected chi connectivity index (χ4v) is 6.00. The molecule has 13 heteroatoms. The molecule has 0 aliphatic carbocycles. The number of likely N-dealkylation sites (tertiary alicyclic amines) is 1. The van der Waals surface area contributed by atoms with Crippen LogP contribution in [0.4, 0.5) is 5.69 Å². The number of carbonyl (C=O) groups is 5. The smallest absolute Gasteiger partial charge is 0.264 e. The van der Waals surface area contributed by atoms with Crippen LogP contribution in [0.1, 0.15) is 42.6 Å². The second kappa shape index (κ2) is 16.4. The molecule has 3 aromatic rings. The summed E-state index contributed by atoms with van der Waals surface area (Å²) in [6.45, 7) is 3.93. The highest BCUT2D eigenvalue weighted by molar-refractivity contribution is 5.97. The lowest BCUT2D eigenvalue weighted by Gasteiger charge is -2.41. The molecule has 3 aliphatic rings. The first-order chi connectivity index (χ1) is 24.4. The Morgan fingerprint density at radius 1 is 0.804 bits per heavy atom. The highest BCUT2D eigenvalue weighted by atomic mass is 16.5. The van der Waals surface area contributed by atoms with Crippen molar-refractivity contribution in [1.29, 1.82) is 0 Å². The molecule has 1 fully saturated rings. The molecular weight excluding hydrogens is 652 g/mol. The molecule has 4 N–H and O–H groups in total. The van der Waals surface area contributed by atoms with Crippen molar-refractivity contribution in [1.82, 2.24) is 26.2 Å². The summed E-state index contributed by atoms with van der Waals surface area (Å²) in [6, 6.07) is 20.3. The van der Waals surface area contributed by atoms with E-state index in [0.29, 0.717) is 17.1 Å². The van der Waals surface area contributed by atoms with Gasteiger partial charge in [0.2, 0.25) is 17.7 Å². The van der Waals surface area contributed by atoms with Gasteiger partial charge in [-0.1, -0.05) is 36.4 Å². The van der Waals surface area contributed by atoms with Gasteiger partial charge in [-0.2, -0.15) is 0 Å². The van der Waals surface area contributed by atoms with E-state index >= 15 is 0 Å². The maximum atomic E-state index is 14.1. The Bertz CT molecular complexity index is 1710. The van der Waals surface area contributed by atoms with Crippen LogP contribution in [0.2, 0.25) is 0 Å². The summed E-state index contributed by atoms with van der Waals surface area (Å²) >= 11 is 0. The van der Waals surface area contributed by atoms with Gasteiger partial charge in [-0.25, -0.2) is 0 Å². The van der Waals surface area contributed by atoms with Crippen LogP contribution in [0.3, 0.4) is 0 Å². The Hall–Kier alpha value is -5.59. The molecule has 5 amide bonds. The summed E-state index contributed by atoms with van der Waals surface area (Å²) in [5.74, 6) is -1.28. The Kier molecular flexibility index (Phi) is 11.8. The highest BCUT2D eigenvalue weighted by Crippen LogP contribution is 2.31. The number of hydrogen-bond donors (Lipinski definition) is 4. The van der Waals surface area contributed by atoms with E-state index in [-0.39, 0.29) is 51.4 Å². The van der Waals surface area contributed by atoms with Crippen molar-refractivity contribution in [3.05, 3.63) is 90.0 Å². The monoisotopic (exact) mass is 698 g/mol. The van der Waals surface area contributed by atoms with Gasteiger partial charge < -0.3 is 40.5 Å². The van der Waals surface area contributed by atoms with Gasteiger partial charge in [0, 0.05) is 57.7 Å². The minimum Gasteiger partial charge on any atom is -0.492 e. The van der Waals surface area contributed by atoms with Crippen LogP contribution >= 0.6 is 0 Å². The third kappa shape index (κ3) is 9.35. The molecule has 3 aliphatic heterocycles. The number of nitrogens with one attached hydrogen (secondary N) is 4. The summed E-state index contributed by atoms with van der Waals surface area (Å²) < 4.78 is 12.2. The van der Waals surface area contributed by atoms with E-state index in [1.165, 1.54) is 6.92 Å². The van der Waals surface area contributed by atoms with Crippen LogP contribution in [0, 0.1) is 0 Å². The molecule has 51 heavy (non-hydrogen) atoms. The maximum Gasteiger partial charge on any atom is 0.264 e. The van der Waals surface area contributed by atoms with E-state index in [2.05, 4.69) is 21.3 Å². The van der Waals surface area contributed by atoms with Gasteiger partial charge in [0.15, 0.2) is 5.60 Å². The van der Waals surface area contributed by atoms with Crippen molar-refractivity contribution in [3.63, 3.8) is 0 Å². The number of nitrogens with zero attached hydrogens (tertiary/aromatic N) is 2. The summed E-state index contributed by atoms with van der Waals surface area (Å²) in [5.41, 5.74) is 0.837. The Labute approximate surface area is 298 Å². The van der Waals surface area contributed by atoms with Crippen LogP contribution < -0.4 is 35.6 Å². The topological polar surface area (TPSA) is 158 Å². The summed E-state index contributed by atoms with van der Waals surface area (Å²) in [6.07, 6.45) is 0.494. The quantitative estimate of drug-likeness (QED) is 0.302. The zero-order valence-electron chi connectivity index (χ0n) is 29.4. The minimum absolute atomic E-state index is 0.150. The minimum atomic E-state index is -1.40. The summed E-state index contributed by atoms with van der Waals surface area (Å²) in [5, 5.41) is 11.0. The van der Waals surface area contributed by atoms with Gasteiger partial charge in [-0.15, -0.1) is 0 Å². The van der Waals surface area contributed by atoms with E-state index in [4.69, 9.17) is 9.47 Å². The lowest BCUT2D eigenvalue weighted by molar-refractivity contribution is -0.143. The Balaban J connectivity index is 1.38. The molecule has 0 aromatic heterocycles. The number of hydrogen-bond acceptors (Lipinski definition) is 8. The summed E-state index contributed by atoms with van der Waals surface area (Å²) in [4.78, 5) is 71.0. The molecule has 1 spiro atoms. The highest BCUT2D eigenvalue weighted by Gasteiger charge is 2.46. The van der Waals surface area contributed by atoms with E-state index in [9.17, 15) is 24.0 Å². The number of piperidine rings is 1. The molecule has 3 heterocycles. The number of benzene rings is 3. The number of anilines is 1. The van der Waals surface area contributed by atoms with Crippen LogP contribution in [-0.2, 0) is 25.6 Å². The van der Waals surface area contributed by atoms with Gasteiger partial charge in [-0.3, -0.25) is 24.0 Å². The number of amides is 5. The largest absolute Gasteiger partial charge is 0.492 e. The molecular formula is C38H46N6O7. The van der Waals surface area contributed by atoms with Crippen molar-refractivity contribution >= 4 is 35.2 Å². The molecule has 13 nitrogen and oxygen atoms in total. The average molecular weight is 699 g/mol. The van der Waals surface area contributed by atoms with Gasteiger partial charge in [0.1, 0.15) is 36.2 Å². The lowest BCUT2D eigenvalue weighted by Crippen LogP contribution is -2.61. The first-order valence-electron chi connectivity index (χ1n) is 17.2. The summed E-state index contributed by atoms with van der Waals surface area (Å²) in [7, 11) is 3.81. The second-order valence-corrected chi connectivity index (χ2v) is 13.1. The molecule has 1 saturated heterocycles. The molecule has 270 valence electrons. The van der Waals surface area contributed by atoms with Crippen molar-refractivity contribution in [2.45, 2.75) is 56.8 Å². The first-order valence-corrected chi connectivity index (χ1v) is 17.2. The molecule has 2 bridgehead atoms. The van der Waals surface area contributed by atoms with Gasteiger partial charge >= 0.3 is 0 Å². The van der Waals surface area contributed by atoms with E-state index in [1.807, 2.05) is 67.5 Å². The third-order valence-electron chi connectivity index (χ3n) is 9.10. The van der Waals surface area contributed by atoms with E-state index in [0.717, 1.165) is 11.3 Å². The predicted octanol–water partition coefficient (Wildman–Crippen LogP) is 2.05. The van der Waals surface area contributed by atoms with Crippen LogP contribution in [0.15, 0.2) is 78.9 Å². The van der Waals surface area contributed by atoms with Crippen molar-refractivity contribution < 1.29 is 33.4 Å². The van der Waals surface area contributed by atoms with Crippen LogP contribution in [0.25, 0.3) is 0 Å². The molecule has 3 aromatic carbocycles. The van der Waals surface area contributed by atoms with Crippen molar-refractivity contribution in [2.75, 3.05) is 45.2 Å². The zero-order valence-corrected chi connectivity index (χ0v) is 29.4. The molecule has 0 radical (unpaired) electrons. The van der Waals surface area contributed by atoms with E-state index in [1.54, 1.807) is 42.2 Å². The number of fused-ring (bicyclic) bond motifs is 15. The van der Waals surface area contributed by atoms with Crippen LogP contribution in [-0.4, -0.2) is 98.5 Å². The van der Waals surface area contributed by atoms with Gasteiger partial charge in [-0.05, 0) is 61.9 Å². The normalized spacial score (nSPS) is 21.6. The number of ether oxygens (including phenoxy) is 2. The van der Waals surface area contributed by atoms with Crippen LogP contribution in [0.5, 0.6) is 11.5 Å². The Morgan fingerprint density at radius 3 is 2.16 bits per heavy atom. The number of carbonyl (C=O) groups excluding carboxylic acids is 5. The standard InChI is InChI=1S/C38H46N6O7/c1-25-33(45)39-19-22-50-30-13-15-31(16-14-30)51-38(17-20-44(21-18-38)36(48)28-11-8-12-29(24-28)43(3)4)37(49)41-26(2)34(46)42-32(35(47)40-25)23-27-9-6-5-7-10-27/h5-16,24-26,32H,17-23H2,1-4H3,(H,39,45)(H,40,47)(H,41,49)(H,42,46)/t25-,26-,32-/m0/s1. The zero-order chi connectivity index (χ0) is 36.5. The second-order valence-electron chi connectivity index (χ2n) is 13.1. The predicted molar refractivity (Wildman–Crippen MR) is 191 cm³/mol. The van der Waals surface area contributed by atoms with E-state index < -0.39 is 47.4 Å². The maximum absolute atomic E-state index is 14.1. The first kappa shape index (κ1) is 36.7. The Morgan fingerprint density at radius 2 is 1.47 bits per heavy atom. The molecule has 0 unspecified atom stereocenters. The van der Waals surface area contributed by atoms with Crippen molar-refractivity contribution in [3.8, 4) is 11.5 Å². The molecule has 6 rings (SSSR count). The SMILES string of the molecule is C[C@@H]1NC(=O)[C@H](Cc2ccccc2)NC(=O)[C@H](C)NC(=O)C2(CCN(C(=O)c3cccc(N(C)C)c3)CC2)Oc2ccc(cc2)OCCNC1=O. The van der Waals surface area contributed by atoms with Crippen molar-refractivity contribution in [2.24, 2.45) is 0 Å². The van der Waals surface area contributed by atoms with Gasteiger partial charge in [0.25, 0.3) is 11.8 Å². The third-order valence-corrected chi connectivity index (χ3v) is 9.10. The van der Waals surface area contributed by atoms with Gasteiger partial charge in [0.05, 0.1) is 6.54 Å². The number of rotatable bonds is 4. The fraction of sp³-hybridized carbons (Fsp3) is 0.395. The lowest BCUT2D eigenvalue weighted by atomic mass is 9.89. The molecule has 3 atom stereocenters.